The van der Waals surface area contributed by atoms with E-state index in [1.807, 2.05) is 0 Å². The van der Waals surface area contributed by atoms with Crippen molar-refractivity contribution in [3.05, 3.63) is 0 Å². The van der Waals surface area contributed by atoms with E-state index in [2.05, 4.69) is 4.52 Å². The Morgan fingerprint density at radius 3 is 1.14 bits per heavy atom. The van der Waals surface area contributed by atoms with E-state index in [9.17, 15) is 26.3 Å². The largest absolute Gasteiger partial charge is 0.439 e. The monoisotopic (exact) mass is 242 g/mol. The molecule has 0 aromatic heterocycles. The molecule has 0 rings (SSSR count). The zero-order chi connectivity index (χ0) is 11.8. The summed E-state index contributed by atoms with van der Waals surface area (Å²) in [6, 6.07) is 0. The van der Waals surface area contributed by atoms with Crippen LogP contribution in [0.3, 0.4) is 0 Å². The molecule has 0 amide bonds. The minimum Gasteiger partial charge on any atom is -0.338 e. The van der Waals surface area contributed by atoms with Crippen LogP contribution in [0, 0.1) is 0 Å². The molecule has 0 unspecified atom stereocenters. The summed E-state index contributed by atoms with van der Waals surface area (Å²) < 4.78 is 75.6. The lowest BCUT2D eigenvalue weighted by molar-refractivity contribution is -0.106. The van der Waals surface area contributed by atoms with Crippen LogP contribution >= 0.6 is 8.15 Å². The second-order valence-electron chi connectivity index (χ2n) is 3.43. The van der Waals surface area contributed by atoms with Crippen molar-refractivity contribution < 1.29 is 30.9 Å². The molecule has 0 aromatic rings. The fraction of sp³-hybridized carbons (Fsp3) is 1.00. The topological polar surface area (TPSA) is 9.23 Å². The third-order valence-electron chi connectivity index (χ3n) is 0.826. The maximum atomic E-state index is 11.9. The fourth-order valence-electron chi connectivity index (χ4n) is 0.521. The highest BCUT2D eigenvalue weighted by atomic mass is 31.1. The van der Waals surface area contributed by atoms with Gasteiger partial charge in [0.1, 0.15) is 0 Å². The normalized spacial score (nSPS) is 15.0. The van der Waals surface area contributed by atoms with E-state index in [1.165, 1.54) is 0 Å². The maximum Gasteiger partial charge on any atom is 0.439 e. The van der Waals surface area contributed by atoms with Gasteiger partial charge in [-0.25, -0.2) is 0 Å². The van der Waals surface area contributed by atoms with Crippen LogP contribution in [0.15, 0.2) is 0 Å². The van der Waals surface area contributed by atoms with E-state index >= 15 is 0 Å². The summed E-state index contributed by atoms with van der Waals surface area (Å²) in [4.78, 5) is 0. The third kappa shape index (κ3) is 5.00. The summed E-state index contributed by atoms with van der Waals surface area (Å²) >= 11 is 0. The van der Waals surface area contributed by atoms with Crippen LogP contribution in [0.2, 0.25) is 0 Å². The Bertz CT molecular complexity index is 176. The van der Waals surface area contributed by atoms with E-state index in [4.69, 9.17) is 0 Å². The third-order valence-corrected chi connectivity index (χ3v) is 2.48. The Morgan fingerprint density at radius 2 is 1.07 bits per heavy atom. The minimum absolute atomic E-state index is 1.14. The Morgan fingerprint density at radius 1 is 0.786 bits per heavy atom. The average molecular weight is 242 g/mol. The van der Waals surface area contributed by atoms with Gasteiger partial charge in [-0.05, 0) is 20.8 Å². The molecule has 0 saturated heterocycles. The van der Waals surface area contributed by atoms with Crippen LogP contribution in [0.1, 0.15) is 20.8 Å². The molecule has 0 radical (unpaired) electrons. The lowest BCUT2D eigenvalue weighted by atomic mass is 10.2. The Labute approximate surface area is 78.3 Å². The molecule has 0 aliphatic carbocycles. The van der Waals surface area contributed by atoms with E-state index in [0.717, 1.165) is 20.8 Å². The molecule has 0 fully saturated rings. The van der Waals surface area contributed by atoms with Crippen molar-refractivity contribution in [1.29, 1.82) is 0 Å². The standard InChI is InChI=1S/C6H9F6OP/c1-4(2,3)13-14(5(7,8)9)6(10,11)12/h1-3H3. The van der Waals surface area contributed by atoms with E-state index in [-0.39, 0.29) is 0 Å². The second kappa shape index (κ2) is 3.85. The van der Waals surface area contributed by atoms with Gasteiger partial charge in [-0.1, -0.05) is 0 Å². The molecule has 8 heteroatoms. The summed E-state index contributed by atoms with van der Waals surface area (Å²) in [6.45, 7) is 3.42. The highest BCUT2D eigenvalue weighted by Crippen LogP contribution is 2.66. The predicted octanol–water partition coefficient (Wildman–Crippen LogP) is 4.24. The molecule has 0 spiro atoms. The van der Waals surface area contributed by atoms with Crippen LogP contribution in [0.25, 0.3) is 0 Å². The van der Waals surface area contributed by atoms with Gasteiger partial charge >= 0.3 is 11.8 Å². The quantitative estimate of drug-likeness (QED) is 0.493. The van der Waals surface area contributed by atoms with E-state index in [1.54, 1.807) is 0 Å². The van der Waals surface area contributed by atoms with Crippen molar-refractivity contribution in [3.63, 3.8) is 0 Å². The number of alkyl halides is 6. The first kappa shape index (κ1) is 14.0. The molecule has 0 saturated carbocycles. The number of halogens is 6. The van der Waals surface area contributed by atoms with Crippen LogP contribution in [0.5, 0.6) is 0 Å². The Balaban J connectivity index is 4.78. The smallest absolute Gasteiger partial charge is 0.338 e. The van der Waals surface area contributed by atoms with Crippen LogP contribution < -0.4 is 0 Å². The average Bonchev–Trinajstić information content (AvgIpc) is 1.75. The van der Waals surface area contributed by atoms with Gasteiger partial charge in [-0.15, -0.1) is 0 Å². The summed E-state index contributed by atoms with van der Waals surface area (Å²) in [7, 11) is -4.43. The van der Waals surface area contributed by atoms with E-state index < -0.39 is 25.6 Å². The van der Waals surface area contributed by atoms with Crippen molar-refractivity contribution in [2.75, 3.05) is 0 Å². The summed E-state index contributed by atoms with van der Waals surface area (Å²) in [6.07, 6.45) is 0. The molecular formula is C6H9F6OP. The number of rotatable bonds is 1. The first-order chi connectivity index (χ1) is 5.84. The summed E-state index contributed by atoms with van der Waals surface area (Å²) in [5.74, 6) is -10.7. The maximum absolute atomic E-state index is 11.9. The SMILES string of the molecule is CC(C)(C)OP(C(F)(F)F)C(F)(F)F. The molecule has 0 atom stereocenters. The number of hydrogen-bond donors (Lipinski definition) is 0. The van der Waals surface area contributed by atoms with Gasteiger partial charge in [-0.2, -0.15) is 26.3 Å². The highest BCUT2D eigenvalue weighted by Gasteiger charge is 2.60. The highest BCUT2D eigenvalue weighted by molar-refractivity contribution is 7.54. The molecule has 86 valence electrons. The van der Waals surface area contributed by atoms with Gasteiger partial charge in [0, 0.05) is 0 Å². The molecule has 0 aliphatic rings. The summed E-state index contributed by atoms with van der Waals surface area (Å²) in [5.41, 5.74) is -1.48. The molecule has 14 heavy (non-hydrogen) atoms. The first-order valence-corrected chi connectivity index (χ1v) is 4.73. The van der Waals surface area contributed by atoms with Gasteiger partial charge < -0.3 is 4.52 Å². The molecule has 0 bridgehead atoms. The van der Waals surface area contributed by atoms with Crippen LogP contribution in [-0.2, 0) is 4.52 Å². The fourth-order valence-corrected chi connectivity index (χ4v) is 1.56. The van der Waals surface area contributed by atoms with E-state index in [0.29, 0.717) is 0 Å². The molecule has 0 N–H and O–H groups in total. The minimum atomic E-state index is -5.37. The zero-order valence-corrected chi connectivity index (χ0v) is 8.52. The Kier molecular flexibility index (Phi) is 3.84. The predicted molar refractivity (Wildman–Crippen MR) is 39.9 cm³/mol. The second-order valence-corrected chi connectivity index (χ2v) is 5.22. The first-order valence-electron chi connectivity index (χ1n) is 3.47. The zero-order valence-electron chi connectivity index (χ0n) is 7.62. The van der Waals surface area contributed by atoms with Gasteiger partial charge in [-0.3, -0.25) is 0 Å². The van der Waals surface area contributed by atoms with Crippen molar-refractivity contribution in [3.8, 4) is 0 Å². The van der Waals surface area contributed by atoms with Crippen LogP contribution in [-0.4, -0.2) is 17.4 Å². The molecule has 0 aliphatic heterocycles. The van der Waals surface area contributed by atoms with Crippen molar-refractivity contribution in [1.82, 2.24) is 0 Å². The lowest BCUT2D eigenvalue weighted by Crippen LogP contribution is -2.27. The Hall–Kier alpha value is -0.0300. The van der Waals surface area contributed by atoms with Gasteiger partial charge in [0.15, 0.2) is 0 Å². The number of hydrogen-bond acceptors (Lipinski definition) is 1. The molecule has 0 heterocycles. The van der Waals surface area contributed by atoms with Gasteiger partial charge in [0.2, 0.25) is 0 Å². The summed E-state index contributed by atoms with van der Waals surface area (Å²) in [5, 5.41) is 0. The lowest BCUT2D eigenvalue weighted by Gasteiger charge is -2.29. The van der Waals surface area contributed by atoms with Gasteiger partial charge in [0.05, 0.1) is 5.60 Å². The molecular weight excluding hydrogens is 233 g/mol. The molecule has 1 nitrogen and oxygen atoms in total. The van der Waals surface area contributed by atoms with Crippen molar-refractivity contribution in [2.24, 2.45) is 0 Å². The van der Waals surface area contributed by atoms with Crippen molar-refractivity contribution >= 4 is 8.15 Å². The van der Waals surface area contributed by atoms with Gasteiger partial charge in [0.25, 0.3) is 8.15 Å². The van der Waals surface area contributed by atoms with Crippen molar-refractivity contribution in [2.45, 2.75) is 38.2 Å². The van der Waals surface area contributed by atoms with Crippen LogP contribution in [0.4, 0.5) is 26.3 Å². The molecule has 0 aromatic carbocycles.